The number of rotatable bonds is 7. The molecule has 0 N–H and O–H groups in total. The van der Waals surface area contributed by atoms with Gasteiger partial charge in [0.25, 0.3) is 0 Å². The lowest BCUT2D eigenvalue weighted by atomic mass is 10.0. The van der Waals surface area contributed by atoms with Crippen LogP contribution in [-0.4, -0.2) is 65.0 Å². The fraction of sp³-hybridized carbons (Fsp3) is 0.435. The summed E-state index contributed by atoms with van der Waals surface area (Å²) in [7, 11) is 1.64. The predicted molar refractivity (Wildman–Crippen MR) is 118 cm³/mol. The first-order valence-electron chi connectivity index (χ1n) is 10.6. The highest BCUT2D eigenvalue weighted by molar-refractivity contribution is 5.55. The Kier molecular flexibility index (Phi) is 6.58. The van der Waals surface area contributed by atoms with Crippen molar-refractivity contribution in [3.8, 4) is 0 Å². The minimum atomic E-state index is -0.353. The first-order valence-corrected chi connectivity index (χ1v) is 10.6. The Balaban J connectivity index is 1.61. The molecular formula is C23H29FN6O. The van der Waals surface area contributed by atoms with E-state index in [-0.39, 0.29) is 11.9 Å². The molecule has 31 heavy (non-hydrogen) atoms. The summed E-state index contributed by atoms with van der Waals surface area (Å²) in [6.07, 6.45) is 0. The normalized spacial score (nSPS) is 15.9. The van der Waals surface area contributed by atoms with Crippen LogP contribution in [0.15, 0.2) is 42.5 Å². The summed E-state index contributed by atoms with van der Waals surface area (Å²) >= 11 is 0. The molecule has 3 aromatic rings. The van der Waals surface area contributed by atoms with Gasteiger partial charge in [-0.3, -0.25) is 4.90 Å². The standard InChI is InChI=1S/C23H29FN6O/c1-17-8-9-18(2)21(16-17)28-10-12-29(13-11-28)22(19-6-4-5-7-20(19)24)23-25-26-27-30(23)14-15-31-3/h4-9,16,22H,10-15H2,1-3H3/t22-/m1/s1. The van der Waals surface area contributed by atoms with Crippen molar-refractivity contribution < 1.29 is 9.13 Å². The van der Waals surface area contributed by atoms with Gasteiger partial charge in [-0.25, -0.2) is 9.07 Å². The predicted octanol–water partition coefficient (Wildman–Crippen LogP) is 2.99. The van der Waals surface area contributed by atoms with Crippen molar-refractivity contribution in [1.29, 1.82) is 0 Å². The molecule has 164 valence electrons. The van der Waals surface area contributed by atoms with Crippen LogP contribution in [0.2, 0.25) is 0 Å². The second-order valence-corrected chi connectivity index (χ2v) is 7.99. The molecule has 4 rings (SSSR count). The summed E-state index contributed by atoms with van der Waals surface area (Å²) in [5.74, 6) is 0.396. The summed E-state index contributed by atoms with van der Waals surface area (Å²) in [6.45, 7) is 8.55. The van der Waals surface area contributed by atoms with Gasteiger partial charge in [-0.05, 0) is 47.5 Å². The van der Waals surface area contributed by atoms with Crippen LogP contribution >= 0.6 is 0 Å². The molecule has 0 aliphatic carbocycles. The zero-order valence-electron chi connectivity index (χ0n) is 18.3. The summed E-state index contributed by atoms with van der Waals surface area (Å²) in [4.78, 5) is 4.68. The van der Waals surface area contributed by atoms with Crippen LogP contribution in [0.5, 0.6) is 0 Å². The number of aromatic nitrogens is 4. The van der Waals surface area contributed by atoms with E-state index in [1.807, 2.05) is 12.1 Å². The van der Waals surface area contributed by atoms with Crippen LogP contribution < -0.4 is 4.90 Å². The van der Waals surface area contributed by atoms with Gasteiger partial charge >= 0.3 is 0 Å². The monoisotopic (exact) mass is 424 g/mol. The average Bonchev–Trinajstić information content (AvgIpc) is 3.24. The third kappa shape index (κ3) is 4.60. The number of piperazine rings is 1. The highest BCUT2D eigenvalue weighted by Gasteiger charge is 2.32. The van der Waals surface area contributed by atoms with Crippen molar-refractivity contribution in [1.82, 2.24) is 25.1 Å². The van der Waals surface area contributed by atoms with Crippen LogP contribution in [0.3, 0.4) is 0 Å². The molecule has 1 aromatic heterocycles. The van der Waals surface area contributed by atoms with E-state index in [1.54, 1.807) is 17.9 Å². The van der Waals surface area contributed by atoms with Gasteiger partial charge in [0.15, 0.2) is 5.82 Å². The van der Waals surface area contributed by atoms with E-state index >= 15 is 0 Å². The number of ether oxygens (including phenoxy) is 1. The topological polar surface area (TPSA) is 59.3 Å². The van der Waals surface area contributed by atoms with Crippen LogP contribution in [0.1, 0.15) is 28.6 Å². The van der Waals surface area contributed by atoms with E-state index in [0.29, 0.717) is 24.5 Å². The number of tetrazole rings is 1. The van der Waals surface area contributed by atoms with Gasteiger partial charge in [0.2, 0.25) is 0 Å². The number of anilines is 1. The second kappa shape index (κ2) is 9.53. The van der Waals surface area contributed by atoms with E-state index in [4.69, 9.17) is 4.74 Å². The Morgan fingerprint density at radius 2 is 1.84 bits per heavy atom. The van der Waals surface area contributed by atoms with E-state index in [2.05, 4.69) is 57.4 Å². The third-order valence-electron chi connectivity index (χ3n) is 5.90. The van der Waals surface area contributed by atoms with Gasteiger partial charge in [-0.2, -0.15) is 0 Å². The molecule has 0 unspecified atom stereocenters. The van der Waals surface area contributed by atoms with Gasteiger partial charge in [0, 0.05) is 44.5 Å². The smallest absolute Gasteiger partial charge is 0.173 e. The first-order chi connectivity index (χ1) is 15.1. The van der Waals surface area contributed by atoms with E-state index in [0.717, 1.165) is 26.2 Å². The molecule has 7 nitrogen and oxygen atoms in total. The van der Waals surface area contributed by atoms with Crippen LogP contribution in [-0.2, 0) is 11.3 Å². The Bertz CT molecular complexity index is 1010. The maximum Gasteiger partial charge on any atom is 0.173 e. The molecule has 0 bridgehead atoms. The molecule has 0 radical (unpaired) electrons. The average molecular weight is 425 g/mol. The molecule has 8 heteroatoms. The largest absolute Gasteiger partial charge is 0.383 e. The number of halogens is 1. The maximum absolute atomic E-state index is 14.9. The molecule has 0 amide bonds. The van der Waals surface area contributed by atoms with Crippen molar-refractivity contribution in [2.24, 2.45) is 0 Å². The van der Waals surface area contributed by atoms with E-state index < -0.39 is 0 Å². The molecule has 2 aromatic carbocycles. The zero-order valence-corrected chi connectivity index (χ0v) is 18.3. The van der Waals surface area contributed by atoms with Gasteiger partial charge < -0.3 is 9.64 Å². The fourth-order valence-electron chi connectivity index (χ4n) is 4.22. The Morgan fingerprint density at radius 1 is 1.06 bits per heavy atom. The van der Waals surface area contributed by atoms with Crippen molar-refractivity contribution >= 4 is 5.69 Å². The van der Waals surface area contributed by atoms with Crippen LogP contribution in [0, 0.1) is 19.7 Å². The number of methoxy groups -OCH3 is 1. The van der Waals surface area contributed by atoms with E-state index in [9.17, 15) is 4.39 Å². The molecule has 1 fully saturated rings. The SMILES string of the molecule is COCCn1nnnc1[C@@H](c1ccccc1F)N1CCN(c2cc(C)ccc2C)CC1. The Hall–Kier alpha value is -2.84. The minimum Gasteiger partial charge on any atom is -0.383 e. The third-order valence-corrected chi connectivity index (χ3v) is 5.90. The zero-order chi connectivity index (χ0) is 21.8. The molecular weight excluding hydrogens is 395 g/mol. The number of aryl methyl sites for hydroxylation is 2. The van der Waals surface area contributed by atoms with Crippen molar-refractivity contribution in [3.63, 3.8) is 0 Å². The summed E-state index contributed by atoms with van der Waals surface area (Å²) in [6, 6.07) is 13.1. The fourth-order valence-corrected chi connectivity index (χ4v) is 4.22. The highest BCUT2D eigenvalue weighted by atomic mass is 19.1. The first kappa shape index (κ1) is 21.4. The Morgan fingerprint density at radius 3 is 2.58 bits per heavy atom. The number of hydrogen-bond donors (Lipinski definition) is 0. The van der Waals surface area contributed by atoms with Gasteiger partial charge in [-0.15, -0.1) is 5.10 Å². The minimum absolute atomic E-state index is 0.245. The number of hydrogen-bond acceptors (Lipinski definition) is 6. The summed E-state index contributed by atoms with van der Waals surface area (Å²) in [5, 5.41) is 12.3. The lowest BCUT2D eigenvalue weighted by molar-refractivity contribution is 0.171. The van der Waals surface area contributed by atoms with Crippen molar-refractivity contribution in [2.75, 3.05) is 44.8 Å². The number of nitrogens with zero attached hydrogens (tertiary/aromatic N) is 6. The Labute approximate surface area is 182 Å². The van der Waals surface area contributed by atoms with Crippen molar-refractivity contribution in [3.05, 3.63) is 70.8 Å². The molecule has 1 aliphatic heterocycles. The van der Waals surface area contributed by atoms with Gasteiger partial charge in [0.05, 0.1) is 13.2 Å². The lowest BCUT2D eigenvalue weighted by Gasteiger charge is -2.40. The maximum atomic E-state index is 14.9. The molecule has 0 saturated carbocycles. The molecule has 1 saturated heterocycles. The highest BCUT2D eigenvalue weighted by Crippen LogP contribution is 2.31. The van der Waals surface area contributed by atoms with Crippen LogP contribution in [0.4, 0.5) is 10.1 Å². The molecule has 2 heterocycles. The second-order valence-electron chi connectivity index (χ2n) is 7.99. The quantitative estimate of drug-likeness (QED) is 0.581. The molecule has 1 atom stereocenters. The molecule has 0 spiro atoms. The van der Waals surface area contributed by atoms with Crippen molar-refractivity contribution in [2.45, 2.75) is 26.4 Å². The summed E-state index contributed by atoms with van der Waals surface area (Å²) < 4.78 is 21.8. The van der Waals surface area contributed by atoms with E-state index in [1.165, 1.54) is 22.9 Å². The van der Waals surface area contributed by atoms with Crippen LogP contribution in [0.25, 0.3) is 0 Å². The van der Waals surface area contributed by atoms with Gasteiger partial charge in [-0.1, -0.05) is 30.3 Å². The lowest BCUT2D eigenvalue weighted by Crippen LogP contribution is -2.48. The number of benzene rings is 2. The summed E-state index contributed by atoms with van der Waals surface area (Å²) in [5.41, 5.74) is 4.39. The van der Waals surface area contributed by atoms with Gasteiger partial charge in [0.1, 0.15) is 11.9 Å². The molecule has 1 aliphatic rings.